The second-order valence-corrected chi connectivity index (χ2v) is 8.33. The van der Waals surface area contributed by atoms with E-state index in [0.29, 0.717) is 18.4 Å². The molecule has 136 valence electrons. The molecule has 2 aromatic rings. The minimum absolute atomic E-state index is 0.0234. The maximum absolute atomic E-state index is 12.5. The quantitative estimate of drug-likeness (QED) is 0.819. The third-order valence-electron chi connectivity index (χ3n) is 5.42. The molecule has 0 radical (unpaired) electrons. The molecule has 1 aliphatic carbocycles. The number of thiophene rings is 1. The number of hydrogen-bond donors (Lipinski definition) is 2. The van der Waals surface area contributed by atoms with E-state index in [-0.39, 0.29) is 11.9 Å². The van der Waals surface area contributed by atoms with Gasteiger partial charge < -0.3 is 10.6 Å². The number of aromatic nitrogens is 2. The molecule has 1 saturated carbocycles. The van der Waals surface area contributed by atoms with Crippen molar-refractivity contribution in [2.45, 2.75) is 57.3 Å². The number of nitrogens with zero attached hydrogens (tertiary/aromatic N) is 3. The van der Waals surface area contributed by atoms with Crippen LogP contribution < -0.4 is 10.6 Å². The molecule has 0 unspecified atom stereocenters. The average molecular weight is 369 g/mol. The Balaban J connectivity index is 1.38. The fraction of sp³-hybridized carbons (Fsp3) is 0.526. The van der Waals surface area contributed by atoms with Gasteiger partial charge in [-0.25, -0.2) is 0 Å². The zero-order chi connectivity index (χ0) is 18.1. The monoisotopic (exact) mass is 369 g/mol. The van der Waals surface area contributed by atoms with Crippen molar-refractivity contribution < 1.29 is 4.79 Å². The summed E-state index contributed by atoms with van der Waals surface area (Å²) < 4.78 is 1.90. The zero-order valence-corrected chi connectivity index (χ0v) is 15.6. The van der Waals surface area contributed by atoms with Crippen LogP contribution in [0.5, 0.6) is 0 Å². The predicted molar refractivity (Wildman–Crippen MR) is 101 cm³/mol. The van der Waals surface area contributed by atoms with Crippen LogP contribution in [0.3, 0.4) is 0 Å². The van der Waals surface area contributed by atoms with Crippen molar-refractivity contribution in [2.75, 3.05) is 0 Å². The summed E-state index contributed by atoms with van der Waals surface area (Å²) in [5, 5.41) is 20.1. The van der Waals surface area contributed by atoms with E-state index in [2.05, 4.69) is 34.8 Å². The number of carbonyl (C=O) groups excluding carboxylic acids is 1. The minimum Gasteiger partial charge on any atom is -0.339 e. The number of nitriles is 1. The van der Waals surface area contributed by atoms with Gasteiger partial charge >= 0.3 is 0 Å². The van der Waals surface area contributed by atoms with Crippen molar-refractivity contribution in [1.29, 1.82) is 5.26 Å². The summed E-state index contributed by atoms with van der Waals surface area (Å²) in [6.07, 6.45) is 7.81. The number of piperidine rings is 1. The van der Waals surface area contributed by atoms with Gasteiger partial charge in [-0.2, -0.15) is 10.4 Å². The van der Waals surface area contributed by atoms with Crippen LogP contribution in [0, 0.1) is 17.2 Å². The Kier molecular flexibility index (Phi) is 4.79. The van der Waals surface area contributed by atoms with Gasteiger partial charge in [0.25, 0.3) is 0 Å². The van der Waals surface area contributed by atoms with Gasteiger partial charge in [-0.3, -0.25) is 9.48 Å². The number of aryl methyl sites for hydroxylation is 1. The molecule has 7 heteroatoms. The van der Waals surface area contributed by atoms with Crippen molar-refractivity contribution in [2.24, 2.45) is 5.92 Å². The van der Waals surface area contributed by atoms with Crippen LogP contribution in [-0.4, -0.2) is 33.8 Å². The molecule has 4 atom stereocenters. The van der Waals surface area contributed by atoms with Crippen molar-refractivity contribution in [3.8, 4) is 16.5 Å². The van der Waals surface area contributed by atoms with E-state index in [1.165, 1.54) is 6.42 Å². The fourth-order valence-electron chi connectivity index (χ4n) is 4.05. The Labute approximate surface area is 157 Å². The first-order valence-corrected chi connectivity index (χ1v) is 10.1. The third kappa shape index (κ3) is 3.39. The Hall–Kier alpha value is -2.17. The van der Waals surface area contributed by atoms with Crippen LogP contribution in [-0.2, 0) is 17.8 Å². The van der Waals surface area contributed by atoms with Gasteiger partial charge in [-0.05, 0) is 44.2 Å². The number of rotatable bonds is 6. The first-order valence-electron chi connectivity index (χ1n) is 9.24. The molecule has 2 bridgehead atoms. The summed E-state index contributed by atoms with van der Waals surface area (Å²) in [4.78, 5) is 14.8. The molecule has 1 amide bonds. The lowest BCUT2D eigenvalue weighted by Gasteiger charge is -2.23. The average Bonchev–Trinajstić information content (AvgIpc) is 3.43. The van der Waals surface area contributed by atoms with Gasteiger partial charge in [0.05, 0.1) is 18.3 Å². The summed E-state index contributed by atoms with van der Waals surface area (Å²) in [5.74, 6) is 0.410. The number of amides is 1. The smallest absolute Gasteiger partial charge is 0.238 e. The molecular weight excluding hydrogens is 346 g/mol. The Bertz CT molecular complexity index is 835. The Morgan fingerprint density at radius 2 is 2.42 bits per heavy atom. The van der Waals surface area contributed by atoms with Crippen molar-refractivity contribution >= 4 is 17.2 Å². The minimum atomic E-state index is -0.492. The van der Waals surface area contributed by atoms with E-state index in [1.54, 1.807) is 11.3 Å². The van der Waals surface area contributed by atoms with E-state index in [0.717, 1.165) is 34.7 Å². The van der Waals surface area contributed by atoms with E-state index in [4.69, 9.17) is 0 Å². The van der Waals surface area contributed by atoms with Crippen LogP contribution >= 0.6 is 11.3 Å². The maximum atomic E-state index is 12.5. The summed E-state index contributed by atoms with van der Waals surface area (Å²) in [7, 11) is 0. The lowest BCUT2D eigenvalue weighted by Crippen LogP contribution is -2.50. The highest BCUT2D eigenvalue weighted by molar-refractivity contribution is 7.15. The predicted octanol–water partition coefficient (Wildman–Crippen LogP) is 2.32. The highest BCUT2D eigenvalue weighted by Crippen LogP contribution is 2.35. The van der Waals surface area contributed by atoms with Gasteiger partial charge in [0.15, 0.2) is 0 Å². The van der Waals surface area contributed by atoms with Gasteiger partial charge in [-0.15, -0.1) is 11.3 Å². The number of nitrogens with one attached hydrogen (secondary N) is 2. The van der Waals surface area contributed by atoms with Gasteiger partial charge in [0, 0.05) is 40.5 Å². The summed E-state index contributed by atoms with van der Waals surface area (Å²) >= 11 is 1.65. The first kappa shape index (κ1) is 17.3. The normalized spacial score (nSPS) is 25.2. The van der Waals surface area contributed by atoms with Crippen LogP contribution in [0.15, 0.2) is 24.5 Å². The number of hydrogen-bond acceptors (Lipinski definition) is 5. The Morgan fingerprint density at radius 1 is 1.54 bits per heavy atom. The van der Waals surface area contributed by atoms with Crippen molar-refractivity contribution in [3.63, 3.8) is 0 Å². The number of carbonyl (C=O) groups is 1. The van der Waals surface area contributed by atoms with Crippen LogP contribution in [0.1, 0.15) is 31.1 Å². The highest BCUT2D eigenvalue weighted by Gasteiger charge is 2.43. The first-order chi connectivity index (χ1) is 12.7. The summed E-state index contributed by atoms with van der Waals surface area (Å²) in [6.45, 7) is 2.90. The second-order valence-electron chi connectivity index (χ2n) is 7.16. The molecule has 6 nitrogen and oxygen atoms in total. The molecule has 4 rings (SSSR count). The molecule has 26 heavy (non-hydrogen) atoms. The summed E-state index contributed by atoms with van der Waals surface area (Å²) in [6, 6.07) is 6.21. The topological polar surface area (TPSA) is 82.7 Å². The molecule has 0 spiro atoms. The standard InChI is InChI=1S/C19H23N5OS/c1-2-24-11-13(10-21-24)17-6-5-16(26-17)8-15(9-20)23-19(25)18-12-3-4-14(7-12)22-18/h5-6,10-12,14-15,18,22H,2-4,7-8H2,1H3,(H,23,25)/t12-,14-,15-,18-/m0/s1. The van der Waals surface area contributed by atoms with E-state index in [1.807, 2.05) is 23.1 Å². The fourth-order valence-corrected chi connectivity index (χ4v) is 5.08. The van der Waals surface area contributed by atoms with E-state index < -0.39 is 6.04 Å². The SMILES string of the molecule is CCn1cc(-c2ccc(C[C@@H](C#N)NC(=O)[C@H]3N[C@H]4CC[C@H]3C4)s2)cn1. The Morgan fingerprint density at radius 3 is 3.08 bits per heavy atom. The lowest BCUT2D eigenvalue weighted by atomic mass is 9.99. The van der Waals surface area contributed by atoms with E-state index >= 15 is 0 Å². The largest absolute Gasteiger partial charge is 0.339 e. The molecule has 2 aromatic heterocycles. The van der Waals surface area contributed by atoms with Gasteiger partial charge in [-0.1, -0.05) is 0 Å². The molecular formula is C19H23N5OS. The van der Waals surface area contributed by atoms with Crippen LogP contribution in [0.4, 0.5) is 0 Å². The van der Waals surface area contributed by atoms with Gasteiger partial charge in [0.2, 0.25) is 5.91 Å². The second kappa shape index (κ2) is 7.22. The molecule has 0 aromatic carbocycles. The molecule has 3 heterocycles. The van der Waals surface area contributed by atoms with E-state index in [9.17, 15) is 10.1 Å². The molecule has 1 aliphatic heterocycles. The molecule has 2 aliphatic rings. The lowest BCUT2D eigenvalue weighted by molar-refractivity contribution is -0.124. The highest BCUT2D eigenvalue weighted by atomic mass is 32.1. The molecule has 2 N–H and O–H groups in total. The maximum Gasteiger partial charge on any atom is 0.238 e. The molecule has 2 fully saturated rings. The zero-order valence-electron chi connectivity index (χ0n) is 14.8. The number of fused-ring (bicyclic) bond motifs is 2. The van der Waals surface area contributed by atoms with Crippen molar-refractivity contribution in [1.82, 2.24) is 20.4 Å². The van der Waals surface area contributed by atoms with Crippen LogP contribution in [0.2, 0.25) is 0 Å². The summed E-state index contributed by atoms with van der Waals surface area (Å²) in [5.41, 5.74) is 1.09. The van der Waals surface area contributed by atoms with Gasteiger partial charge in [0.1, 0.15) is 6.04 Å². The van der Waals surface area contributed by atoms with Crippen molar-refractivity contribution in [3.05, 3.63) is 29.4 Å². The molecule has 1 saturated heterocycles. The third-order valence-corrected chi connectivity index (χ3v) is 6.58. The van der Waals surface area contributed by atoms with Crippen LogP contribution in [0.25, 0.3) is 10.4 Å².